The molecule has 1 aromatic rings. The number of phenolic OH excluding ortho intramolecular Hbond substituents is 1. The van der Waals surface area contributed by atoms with Gasteiger partial charge in [0.2, 0.25) is 0 Å². The molecule has 0 spiro atoms. The standard InChI is InChI=1S/C23H40O/c1-16-12-19(24)18(23(10,11)15-21(5,6)7)13-17(16)22(8,9)14-20(2,3)4/h12-13,24H,14-15H2,1-11H3. The molecule has 138 valence electrons. The van der Waals surface area contributed by atoms with E-state index in [4.69, 9.17) is 0 Å². The van der Waals surface area contributed by atoms with Gasteiger partial charge in [-0.25, -0.2) is 0 Å². The minimum absolute atomic E-state index is 0.0530. The van der Waals surface area contributed by atoms with Gasteiger partial charge in [0.05, 0.1) is 0 Å². The fraction of sp³-hybridized carbons (Fsp3) is 0.739. The minimum atomic E-state index is -0.0530. The fourth-order valence-electron chi connectivity index (χ4n) is 4.81. The van der Waals surface area contributed by atoms with Crippen molar-refractivity contribution in [2.24, 2.45) is 10.8 Å². The molecule has 0 heterocycles. The molecule has 0 unspecified atom stereocenters. The Hall–Kier alpha value is -0.980. The van der Waals surface area contributed by atoms with Gasteiger partial charge in [0, 0.05) is 0 Å². The highest BCUT2D eigenvalue weighted by Gasteiger charge is 2.33. The molecule has 0 aromatic heterocycles. The van der Waals surface area contributed by atoms with E-state index in [2.05, 4.69) is 82.2 Å². The van der Waals surface area contributed by atoms with E-state index in [0.29, 0.717) is 5.75 Å². The number of hydrogen-bond donors (Lipinski definition) is 1. The van der Waals surface area contributed by atoms with Gasteiger partial charge in [-0.1, -0.05) is 75.3 Å². The zero-order valence-electron chi connectivity index (χ0n) is 18.0. The first-order chi connectivity index (χ1) is 10.4. The number of benzene rings is 1. The fourth-order valence-corrected chi connectivity index (χ4v) is 4.81. The van der Waals surface area contributed by atoms with Crippen LogP contribution in [0.3, 0.4) is 0 Å². The Bertz CT molecular complexity index is 528. The Morgan fingerprint density at radius 1 is 0.667 bits per heavy atom. The maximum absolute atomic E-state index is 10.6. The summed E-state index contributed by atoms with van der Waals surface area (Å²) in [5, 5.41) is 10.6. The van der Waals surface area contributed by atoms with Crippen LogP contribution in [0.15, 0.2) is 12.1 Å². The van der Waals surface area contributed by atoms with Crippen LogP contribution in [0.25, 0.3) is 0 Å². The molecule has 0 saturated carbocycles. The summed E-state index contributed by atoms with van der Waals surface area (Å²) in [6, 6.07) is 4.25. The Morgan fingerprint density at radius 2 is 1.04 bits per heavy atom. The van der Waals surface area contributed by atoms with E-state index >= 15 is 0 Å². The average Bonchev–Trinajstić information content (AvgIpc) is 2.20. The topological polar surface area (TPSA) is 20.2 Å². The van der Waals surface area contributed by atoms with Crippen LogP contribution in [-0.4, -0.2) is 5.11 Å². The lowest BCUT2D eigenvalue weighted by Gasteiger charge is -2.37. The van der Waals surface area contributed by atoms with E-state index in [1.54, 1.807) is 0 Å². The van der Waals surface area contributed by atoms with Crippen molar-refractivity contribution in [3.05, 3.63) is 28.8 Å². The van der Waals surface area contributed by atoms with E-state index in [1.165, 1.54) is 11.1 Å². The summed E-state index contributed by atoms with van der Waals surface area (Å²) in [6.45, 7) is 25.0. The Kier molecular flexibility index (Phi) is 5.61. The van der Waals surface area contributed by atoms with Crippen LogP contribution in [0.1, 0.15) is 98.8 Å². The lowest BCUT2D eigenvalue weighted by atomic mass is 9.68. The molecule has 1 aromatic carbocycles. The van der Waals surface area contributed by atoms with Gasteiger partial charge < -0.3 is 5.11 Å². The molecule has 0 aliphatic carbocycles. The quantitative estimate of drug-likeness (QED) is 0.622. The summed E-state index contributed by atoms with van der Waals surface area (Å²) in [5.74, 6) is 0.442. The molecule has 0 aliphatic heterocycles. The van der Waals surface area contributed by atoms with Gasteiger partial charge in [0.15, 0.2) is 0 Å². The van der Waals surface area contributed by atoms with E-state index in [1.807, 2.05) is 6.07 Å². The molecule has 1 nitrogen and oxygen atoms in total. The van der Waals surface area contributed by atoms with Gasteiger partial charge in [-0.3, -0.25) is 0 Å². The Labute approximate surface area is 150 Å². The van der Waals surface area contributed by atoms with Crippen LogP contribution >= 0.6 is 0 Å². The van der Waals surface area contributed by atoms with Crippen molar-refractivity contribution in [3.8, 4) is 5.75 Å². The number of phenols is 1. The second-order valence-electron chi connectivity index (χ2n) is 11.4. The maximum Gasteiger partial charge on any atom is 0.119 e. The molecule has 1 N–H and O–H groups in total. The zero-order chi connectivity index (χ0) is 19.1. The lowest BCUT2D eigenvalue weighted by molar-refractivity contribution is 0.274. The third-order valence-electron chi connectivity index (χ3n) is 4.75. The first kappa shape index (κ1) is 21.1. The third kappa shape index (κ3) is 5.53. The van der Waals surface area contributed by atoms with Crippen LogP contribution in [-0.2, 0) is 10.8 Å². The minimum Gasteiger partial charge on any atom is -0.508 e. The number of hydrogen-bond acceptors (Lipinski definition) is 1. The van der Waals surface area contributed by atoms with Crippen LogP contribution in [0.4, 0.5) is 0 Å². The van der Waals surface area contributed by atoms with Gasteiger partial charge in [-0.15, -0.1) is 0 Å². The van der Waals surface area contributed by atoms with Crippen molar-refractivity contribution < 1.29 is 5.11 Å². The van der Waals surface area contributed by atoms with Crippen molar-refractivity contribution in [1.29, 1.82) is 0 Å². The highest BCUT2D eigenvalue weighted by molar-refractivity contribution is 5.47. The van der Waals surface area contributed by atoms with E-state index in [9.17, 15) is 5.11 Å². The van der Waals surface area contributed by atoms with Crippen LogP contribution in [0, 0.1) is 17.8 Å². The second kappa shape index (κ2) is 6.39. The Morgan fingerprint density at radius 3 is 1.42 bits per heavy atom. The summed E-state index contributed by atoms with van der Waals surface area (Å²) < 4.78 is 0. The largest absolute Gasteiger partial charge is 0.508 e. The molecule has 1 rings (SSSR count). The molecule has 0 radical (unpaired) electrons. The normalized spacial score (nSPS) is 14.1. The smallest absolute Gasteiger partial charge is 0.119 e. The molecule has 24 heavy (non-hydrogen) atoms. The monoisotopic (exact) mass is 332 g/mol. The molecule has 0 aliphatic rings. The molecular formula is C23H40O. The highest BCUT2D eigenvalue weighted by atomic mass is 16.3. The van der Waals surface area contributed by atoms with Gasteiger partial charge in [0.25, 0.3) is 0 Å². The van der Waals surface area contributed by atoms with Crippen LogP contribution in [0.2, 0.25) is 0 Å². The average molecular weight is 333 g/mol. The molecule has 0 atom stereocenters. The van der Waals surface area contributed by atoms with Crippen molar-refractivity contribution in [1.82, 2.24) is 0 Å². The zero-order valence-corrected chi connectivity index (χ0v) is 18.0. The SMILES string of the molecule is Cc1cc(O)c(C(C)(C)CC(C)(C)C)cc1C(C)(C)CC(C)(C)C. The molecule has 0 fully saturated rings. The highest BCUT2D eigenvalue weighted by Crippen LogP contribution is 2.44. The third-order valence-corrected chi connectivity index (χ3v) is 4.75. The van der Waals surface area contributed by atoms with Crippen molar-refractivity contribution in [2.75, 3.05) is 0 Å². The summed E-state index contributed by atoms with van der Waals surface area (Å²) in [5.41, 5.74) is 4.17. The lowest BCUT2D eigenvalue weighted by Crippen LogP contribution is -2.28. The first-order valence-corrected chi connectivity index (χ1v) is 9.29. The molecular weight excluding hydrogens is 292 g/mol. The summed E-state index contributed by atoms with van der Waals surface area (Å²) in [4.78, 5) is 0. The van der Waals surface area contributed by atoms with E-state index < -0.39 is 0 Å². The number of rotatable bonds is 4. The maximum atomic E-state index is 10.6. The van der Waals surface area contributed by atoms with Gasteiger partial charge >= 0.3 is 0 Å². The predicted octanol–water partition coefficient (Wildman–Crippen LogP) is 7.13. The predicted molar refractivity (Wildman–Crippen MR) is 107 cm³/mol. The van der Waals surface area contributed by atoms with Gasteiger partial charge in [-0.2, -0.15) is 0 Å². The molecule has 0 amide bonds. The number of aryl methyl sites for hydroxylation is 1. The van der Waals surface area contributed by atoms with E-state index in [-0.39, 0.29) is 21.7 Å². The van der Waals surface area contributed by atoms with Crippen molar-refractivity contribution >= 4 is 0 Å². The summed E-state index contributed by atoms with van der Waals surface area (Å²) in [7, 11) is 0. The molecule has 0 bridgehead atoms. The second-order valence-corrected chi connectivity index (χ2v) is 11.4. The number of aromatic hydroxyl groups is 1. The van der Waals surface area contributed by atoms with Gasteiger partial charge in [-0.05, 0) is 64.2 Å². The van der Waals surface area contributed by atoms with E-state index in [0.717, 1.165) is 18.4 Å². The van der Waals surface area contributed by atoms with Crippen LogP contribution in [0.5, 0.6) is 5.75 Å². The Balaban J connectivity index is 3.42. The summed E-state index contributed by atoms with van der Waals surface area (Å²) >= 11 is 0. The van der Waals surface area contributed by atoms with Crippen molar-refractivity contribution in [2.45, 2.75) is 99.8 Å². The van der Waals surface area contributed by atoms with Gasteiger partial charge in [0.1, 0.15) is 5.75 Å². The molecule has 0 saturated heterocycles. The van der Waals surface area contributed by atoms with Crippen molar-refractivity contribution in [3.63, 3.8) is 0 Å². The summed E-state index contributed by atoms with van der Waals surface area (Å²) in [6.07, 6.45) is 2.15. The van der Waals surface area contributed by atoms with Crippen LogP contribution < -0.4 is 0 Å². The first-order valence-electron chi connectivity index (χ1n) is 9.29. The molecule has 1 heteroatoms.